The van der Waals surface area contributed by atoms with Crippen LogP contribution in [0.15, 0.2) is 59.3 Å². The topological polar surface area (TPSA) is 90.2 Å². The maximum absolute atomic E-state index is 13.6. The van der Waals surface area contributed by atoms with Crippen molar-refractivity contribution in [3.05, 3.63) is 70.8 Å². The zero-order chi connectivity index (χ0) is 27.6. The van der Waals surface area contributed by atoms with Crippen molar-refractivity contribution >= 4 is 28.4 Å². The van der Waals surface area contributed by atoms with E-state index in [2.05, 4.69) is 5.32 Å². The van der Waals surface area contributed by atoms with Crippen molar-refractivity contribution in [3.8, 4) is 0 Å². The van der Waals surface area contributed by atoms with Crippen LogP contribution >= 0.6 is 0 Å². The molecule has 1 aromatic heterocycles. The Hall–Kier alpha value is -3.89. The minimum absolute atomic E-state index is 0.0844. The molecule has 0 unspecified atom stereocenters. The molecule has 202 valence electrons. The van der Waals surface area contributed by atoms with Crippen LogP contribution in [0.1, 0.15) is 30.3 Å². The lowest BCUT2D eigenvalue weighted by molar-refractivity contribution is -0.136. The van der Waals surface area contributed by atoms with E-state index >= 15 is 0 Å². The standard InChI is InChI=1S/C27H29F4N5O2/c1-16-20(25(37)34-15-27(29,30)31)4-5-22(32)21(16)14-33-13-17-7-9-36(10-8-17)26(38)24-12-18-11-19(28)3-6-23(18)35(24)2/h3-6,11-12,14,17,32-33H,7-10,13,15H2,1-2H3,(H,34,37)/b21-14-,32-22?. The molecule has 2 aliphatic rings. The number of rotatable bonds is 6. The Bertz CT molecular complexity index is 1360. The molecule has 3 N–H and O–H groups in total. The summed E-state index contributed by atoms with van der Waals surface area (Å²) >= 11 is 0. The first-order valence-corrected chi connectivity index (χ1v) is 12.3. The van der Waals surface area contributed by atoms with Gasteiger partial charge >= 0.3 is 6.18 Å². The fourth-order valence-electron chi connectivity index (χ4n) is 4.79. The average molecular weight is 532 g/mol. The number of benzene rings is 1. The van der Waals surface area contributed by atoms with Crippen LogP contribution in [-0.4, -0.2) is 59.3 Å². The Labute approximate surface area is 217 Å². The number of hydrogen-bond acceptors (Lipinski definition) is 4. The predicted octanol–water partition coefficient (Wildman–Crippen LogP) is 4.23. The van der Waals surface area contributed by atoms with Gasteiger partial charge < -0.3 is 25.5 Å². The highest BCUT2D eigenvalue weighted by Gasteiger charge is 2.29. The molecule has 1 saturated heterocycles. The van der Waals surface area contributed by atoms with Crippen molar-refractivity contribution in [2.24, 2.45) is 13.0 Å². The van der Waals surface area contributed by atoms with E-state index in [9.17, 15) is 27.2 Å². The van der Waals surface area contributed by atoms with E-state index in [1.165, 1.54) is 24.3 Å². The van der Waals surface area contributed by atoms with Crippen molar-refractivity contribution in [1.82, 2.24) is 20.1 Å². The molecule has 0 bridgehead atoms. The smallest absolute Gasteiger partial charge is 0.390 e. The van der Waals surface area contributed by atoms with E-state index in [1.54, 1.807) is 41.8 Å². The zero-order valence-corrected chi connectivity index (χ0v) is 21.1. The molecule has 1 aliphatic heterocycles. The summed E-state index contributed by atoms with van der Waals surface area (Å²) < 4.78 is 52.7. The Morgan fingerprint density at radius 1 is 1.16 bits per heavy atom. The number of allylic oxidation sites excluding steroid dienone is 3. The molecule has 2 amide bonds. The minimum Gasteiger partial charge on any atom is -0.390 e. The van der Waals surface area contributed by atoms with E-state index in [0.29, 0.717) is 41.9 Å². The van der Waals surface area contributed by atoms with Crippen LogP contribution in [0.2, 0.25) is 0 Å². The minimum atomic E-state index is -4.51. The van der Waals surface area contributed by atoms with Gasteiger partial charge in [-0.3, -0.25) is 9.59 Å². The molecule has 1 aliphatic carbocycles. The number of aromatic nitrogens is 1. The Morgan fingerprint density at radius 2 is 1.87 bits per heavy atom. The molecule has 38 heavy (non-hydrogen) atoms. The van der Waals surface area contributed by atoms with Crippen molar-refractivity contribution in [3.63, 3.8) is 0 Å². The summed E-state index contributed by atoms with van der Waals surface area (Å²) in [5, 5.41) is 13.9. The van der Waals surface area contributed by atoms with Crippen LogP contribution in [0, 0.1) is 17.1 Å². The van der Waals surface area contributed by atoms with Crippen LogP contribution < -0.4 is 10.6 Å². The first-order valence-electron chi connectivity index (χ1n) is 12.3. The van der Waals surface area contributed by atoms with Crippen LogP contribution in [0.4, 0.5) is 17.6 Å². The van der Waals surface area contributed by atoms with Crippen LogP contribution in [-0.2, 0) is 11.8 Å². The van der Waals surface area contributed by atoms with E-state index in [1.807, 2.05) is 5.32 Å². The largest absolute Gasteiger partial charge is 0.405 e. The summed E-state index contributed by atoms with van der Waals surface area (Å²) in [6, 6.07) is 6.15. The molecule has 0 radical (unpaired) electrons. The lowest BCUT2D eigenvalue weighted by Crippen LogP contribution is -2.41. The predicted molar refractivity (Wildman–Crippen MR) is 136 cm³/mol. The maximum Gasteiger partial charge on any atom is 0.405 e. The number of amides is 2. The molecule has 0 saturated carbocycles. The number of halogens is 4. The van der Waals surface area contributed by atoms with Crippen molar-refractivity contribution in [2.45, 2.75) is 25.9 Å². The lowest BCUT2D eigenvalue weighted by atomic mass is 9.92. The number of hydrogen-bond donors (Lipinski definition) is 3. The summed E-state index contributed by atoms with van der Waals surface area (Å²) in [5.41, 5.74) is 2.38. The molecule has 7 nitrogen and oxygen atoms in total. The van der Waals surface area contributed by atoms with E-state index in [4.69, 9.17) is 5.41 Å². The quantitative estimate of drug-likeness (QED) is 0.488. The van der Waals surface area contributed by atoms with Crippen LogP contribution in [0.3, 0.4) is 0 Å². The Balaban J connectivity index is 1.33. The number of carbonyl (C=O) groups is 2. The first kappa shape index (κ1) is 27.2. The summed E-state index contributed by atoms with van der Waals surface area (Å²) in [7, 11) is 1.79. The molecule has 2 aromatic rings. The van der Waals surface area contributed by atoms with E-state index < -0.39 is 18.6 Å². The van der Waals surface area contributed by atoms with Gasteiger partial charge in [-0.1, -0.05) is 0 Å². The summed E-state index contributed by atoms with van der Waals surface area (Å²) in [6.45, 7) is 1.89. The highest BCUT2D eigenvalue weighted by atomic mass is 19.4. The van der Waals surface area contributed by atoms with Crippen molar-refractivity contribution in [1.29, 1.82) is 5.41 Å². The third-order valence-electron chi connectivity index (χ3n) is 6.99. The number of likely N-dealkylation sites (tertiary alicyclic amines) is 1. The molecule has 2 heterocycles. The Kier molecular flexibility index (Phi) is 7.75. The number of nitrogens with zero attached hydrogens (tertiary/aromatic N) is 2. The van der Waals surface area contributed by atoms with Gasteiger partial charge in [-0.15, -0.1) is 0 Å². The second-order valence-electron chi connectivity index (χ2n) is 9.58. The maximum atomic E-state index is 13.6. The molecular formula is C27H29F4N5O2. The fraction of sp³-hybridized carbons (Fsp3) is 0.370. The fourth-order valence-corrected chi connectivity index (χ4v) is 4.79. The molecule has 1 fully saturated rings. The second kappa shape index (κ2) is 10.8. The summed E-state index contributed by atoms with van der Waals surface area (Å²) in [6.07, 6.45) is 1.36. The summed E-state index contributed by atoms with van der Waals surface area (Å²) in [4.78, 5) is 27.1. The van der Waals surface area contributed by atoms with Gasteiger partial charge in [-0.25, -0.2) is 4.39 Å². The molecular weight excluding hydrogens is 502 g/mol. The molecule has 1 aromatic carbocycles. The van der Waals surface area contributed by atoms with Gasteiger partial charge in [0.25, 0.3) is 11.8 Å². The van der Waals surface area contributed by atoms with Gasteiger partial charge in [-0.2, -0.15) is 13.2 Å². The second-order valence-corrected chi connectivity index (χ2v) is 9.58. The number of carbonyl (C=O) groups excluding carboxylic acids is 2. The van der Waals surface area contributed by atoms with Gasteiger partial charge in [0.15, 0.2) is 0 Å². The van der Waals surface area contributed by atoms with Gasteiger partial charge in [0, 0.05) is 54.9 Å². The molecule has 4 rings (SSSR count). The van der Waals surface area contributed by atoms with Crippen LogP contribution in [0.25, 0.3) is 10.9 Å². The number of fused-ring (bicyclic) bond motifs is 1. The van der Waals surface area contributed by atoms with Crippen molar-refractivity contribution < 1.29 is 27.2 Å². The Morgan fingerprint density at radius 3 is 2.55 bits per heavy atom. The SMILES string of the molecule is CC1=C(C(=O)NCC(F)(F)F)C=CC(=N)/C1=C\NCC1CCN(C(=O)c2cc3cc(F)ccc3n2C)CC1. The van der Waals surface area contributed by atoms with Crippen LogP contribution in [0.5, 0.6) is 0 Å². The summed E-state index contributed by atoms with van der Waals surface area (Å²) in [5.74, 6) is -1.03. The third-order valence-corrected chi connectivity index (χ3v) is 6.99. The number of piperidine rings is 1. The highest BCUT2D eigenvalue weighted by Crippen LogP contribution is 2.25. The molecule has 11 heteroatoms. The van der Waals surface area contributed by atoms with Gasteiger partial charge in [0.05, 0.1) is 5.71 Å². The van der Waals surface area contributed by atoms with E-state index in [-0.39, 0.29) is 28.9 Å². The molecule has 0 spiro atoms. The zero-order valence-electron chi connectivity index (χ0n) is 21.1. The average Bonchev–Trinajstić information content (AvgIpc) is 3.19. The number of alkyl halides is 3. The number of aryl methyl sites for hydroxylation is 1. The van der Waals surface area contributed by atoms with E-state index in [0.717, 1.165) is 18.4 Å². The number of nitrogens with one attached hydrogen (secondary N) is 3. The van der Waals surface area contributed by atoms with Crippen molar-refractivity contribution in [2.75, 3.05) is 26.2 Å². The van der Waals surface area contributed by atoms with Gasteiger partial charge in [0.1, 0.15) is 18.1 Å². The van der Waals surface area contributed by atoms with Gasteiger partial charge in [0.2, 0.25) is 0 Å². The third kappa shape index (κ3) is 5.98. The van der Waals surface area contributed by atoms with Gasteiger partial charge in [-0.05, 0) is 67.7 Å². The molecule has 0 atom stereocenters. The monoisotopic (exact) mass is 531 g/mol. The normalized spacial score (nSPS) is 18.0. The first-order chi connectivity index (χ1) is 17.9. The lowest BCUT2D eigenvalue weighted by Gasteiger charge is -2.32. The highest BCUT2D eigenvalue weighted by molar-refractivity contribution is 6.14.